The number of fused-ring (bicyclic) bond motifs is 1. The second-order valence-electron chi connectivity index (χ2n) is 8.18. The van der Waals surface area contributed by atoms with Crippen LogP contribution in [0.1, 0.15) is 30.0 Å². The highest BCUT2D eigenvalue weighted by Gasteiger charge is 2.26. The maximum atomic E-state index is 13.7. The van der Waals surface area contributed by atoms with E-state index in [9.17, 15) is 9.18 Å². The third-order valence-corrected chi connectivity index (χ3v) is 5.91. The summed E-state index contributed by atoms with van der Waals surface area (Å²) < 4.78 is 21.0. The predicted octanol–water partition coefficient (Wildman–Crippen LogP) is 3.85. The standard InChI is InChI=1S/C25H24FN5O2/c26-20-8-9-23-28-13-22(31(23)15-20)25-27-11-10-21(29-25)19-7-4-12-30(14-19)24(32)17-33-16-18-5-2-1-3-6-18/h1-3,5-6,8-11,13,15,19H,4,7,12,14,16-17H2/t19-/m1/s1. The summed E-state index contributed by atoms with van der Waals surface area (Å²) in [5, 5.41) is 0. The lowest BCUT2D eigenvalue weighted by Gasteiger charge is -2.32. The third-order valence-electron chi connectivity index (χ3n) is 5.91. The van der Waals surface area contributed by atoms with Crippen molar-refractivity contribution in [2.24, 2.45) is 0 Å². The van der Waals surface area contributed by atoms with E-state index < -0.39 is 0 Å². The smallest absolute Gasteiger partial charge is 0.248 e. The molecule has 0 radical (unpaired) electrons. The molecule has 1 aliphatic heterocycles. The van der Waals surface area contributed by atoms with Crippen LogP contribution in [-0.4, -0.2) is 49.9 Å². The first-order valence-corrected chi connectivity index (χ1v) is 11.0. The van der Waals surface area contributed by atoms with E-state index in [4.69, 9.17) is 9.72 Å². The van der Waals surface area contributed by atoms with Crippen molar-refractivity contribution < 1.29 is 13.9 Å². The van der Waals surface area contributed by atoms with Crippen LogP contribution < -0.4 is 0 Å². The number of imidazole rings is 1. The first-order chi connectivity index (χ1) is 16.2. The fourth-order valence-corrected chi connectivity index (χ4v) is 4.21. The normalized spacial score (nSPS) is 16.3. The molecule has 1 atom stereocenters. The SMILES string of the molecule is O=C(COCc1ccccc1)N1CCC[C@@H](c2ccnc(-c3cnc4ccc(F)cn34)n2)C1. The highest BCUT2D eigenvalue weighted by Crippen LogP contribution is 2.27. The molecule has 0 unspecified atom stereocenters. The number of aromatic nitrogens is 4. The Labute approximate surface area is 190 Å². The molecule has 0 spiro atoms. The zero-order valence-electron chi connectivity index (χ0n) is 18.1. The van der Waals surface area contributed by atoms with E-state index in [2.05, 4.69) is 9.97 Å². The molecule has 8 heteroatoms. The van der Waals surface area contributed by atoms with Gasteiger partial charge in [-0.2, -0.15) is 0 Å². The Morgan fingerprint density at radius 2 is 2.00 bits per heavy atom. The van der Waals surface area contributed by atoms with E-state index in [0.717, 1.165) is 24.1 Å². The van der Waals surface area contributed by atoms with Crippen LogP contribution in [-0.2, 0) is 16.1 Å². The lowest BCUT2D eigenvalue weighted by molar-refractivity contribution is -0.137. The van der Waals surface area contributed by atoms with Crippen molar-refractivity contribution in [3.8, 4) is 11.5 Å². The molecule has 168 valence electrons. The average Bonchev–Trinajstić information content (AvgIpc) is 3.28. The molecule has 1 aromatic carbocycles. The van der Waals surface area contributed by atoms with Crippen LogP contribution in [0.3, 0.4) is 0 Å². The van der Waals surface area contributed by atoms with E-state index in [0.29, 0.717) is 36.9 Å². The molecule has 1 aliphatic rings. The number of benzene rings is 1. The zero-order valence-corrected chi connectivity index (χ0v) is 18.1. The van der Waals surface area contributed by atoms with Gasteiger partial charge in [-0.25, -0.2) is 19.3 Å². The first-order valence-electron chi connectivity index (χ1n) is 11.0. The molecule has 4 heterocycles. The number of likely N-dealkylation sites (tertiary alicyclic amines) is 1. The van der Waals surface area contributed by atoms with Crippen molar-refractivity contribution in [1.29, 1.82) is 0 Å². The number of rotatable bonds is 6. The van der Waals surface area contributed by atoms with Crippen molar-refractivity contribution in [2.45, 2.75) is 25.4 Å². The molecule has 0 saturated carbocycles. The van der Waals surface area contributed by atoms with Gasteiger partial charge in [-0.3, -0.25) is 9.20 Å². The van der Waals surface area contributed by atoms with Crippen LogP contribution in [0.2, 0.25) is 0 Å². The van der Waals surface area contributed by atoms with Crippen molar-refractivity contribution in [1.82, 2.24) is 24.3 Å². The number of amides is 1. The van der Waals surface area contributed by atoms with Gasteiger partial charge in [0.05, 0.1) is 12.8 Å². The maximum Gasteiger partial charge on any atom is 0.248 e. The Morgan fingerprint density at radius 1 is 1.12 bits per heavy atom. The van der Waals surface area contributed by atoms with Gasteiger partial charge in [0.1, 0.15) is 23.8 Å². The van der Waals surface area contributed by atoms with Gasteiger partial charge in [0.25, 0.3) is 0 Å². The lowest BCUT2D eigenvalue weighted by atomic mass is 9.94. The molecule has 0 N–H and O–H groups in total. The molecule has 4 aromatic rings. The highest BCUT2D eigenvalue weighted by atomic mass is 19.1. The van der Waals surface area contributed by atoms with Gasteiger partial charge in [0.2, 0.25) is 5.91 Å². The molecule has 1 fully saturated rings. The maximum absolute atomic E-state index is 13.7. The molecule has 0 bridgehead atoms. The molecule has 3 aromatic heterocycles. The Kier molecular flexibility index (Phi) is 6.08. The molecular formula is C25H24FN5O2. The zero-order chi connectivity index (χ0) is 22.6. The number of hydrogen-bond acceptors (Lipinski definition) is 5. The number of ether oxygens (including phenoxy) is 1. The summed E-state index contributed by atoms with van der Waals surface area (Å²) in [6, 6.07) is 14.7. The number of pyridine rings is 1. The summed E-state index contributed by atoms with van der Waals surface area (Å²) in [4.78, 5) is 28.0. The molecule has 7 nitrogen and oxygen atoms in total. The fourth-order valence-electron chi connectivity index (χ4n) is 4.21. The summed E-state index contributed by atoms with van der Waals surface area (Å²) in [7, 11) is 0. The van der Waals surface area contributed by atoms with Crippen LogP contribution in [0, 0.1) is 5.82 Å². The summed E-state index contributed by atoms with van der Waals surface area (Å²) in [5.74, 6) is 0.228. The molecule has 1 amide bonds. The van der Waals surface area contributed by atoms with Crippen LogP contribution in [0.5, 0.6) is 0 Å². The van der Waals surface area contributed by atoms with Crippen LogP contribution >= 0.6 is 0 Å². The molecule has 0 aliphatic carbocycles. The van der Waals surface area contributed by atoms with E-state index >= 15 is 0 Å². The average molecular weight is 445 g/mol. The summed E-state index contributed by atoms with van der Waals surface area (Å²) in [5.41, 5.74) is 3.17. The first kappa shape index (κ1) is 21.2. The second-order valence-corrected chi connectivity index (χ2v) is 8.18. The van der Waals surface area contributed by atoms with E-state index in [1.54, 1.807) is 22.9 Å². The minimum atomic E-state index is -0.353. The van der Waals surface area contributed by atoms with Gasteiger partial charge in [-0.15, -0.1) is 0 Å². The van der Waals surface area contributed by atoms with Gasteiger partial charge < -0.3 is 9.64 Å². The second kappa shape index (κ2) is 9.46. The van der Waals surface area contributed by atoms with Crippen LogP contribution in [0.25, 0.3) is 17.2 Å². The number of piperidine rings is 1. The Bertz CT molecular complexity index is 1260. The van der Waals surface area contributed by atoms with Crippen molar-refractivity contribution in [3.05, 3.63) is 84.2 Å². The number of halogens is 1. The number of nitrogens with zero attached hydrogens (tertiary/aromatic N) is 5. The largest absolute Gasteiger partial charge is 0.367 e. The minimum Gasteiger partial charge on any atom is -0.367 e. The molecule has 1 saturated heterocycles. The Morgan fingerprint density at radius 3 is 2.88 bits per heavy atom. The van der Waals surface area contributed by atoms with Gasteiger partial charge in [-0.05, 0) is 36.6 Å². The Hall–Kier alpha value is -3.65. The quantitative estimate of drug-likeness (QED) is 0.451. The van der Waals surface area contributed by atoms with Gasteiger partial charge in [0, 0.05) is 37.1 Å². The topological polar surface area (TPSA) is 72.6 Å². The lowest BCUT2D eigenvalue weighted by Crippen LogP contribution is -2.41. The summed E-state index contributed by atoms with van der Waals surface area (Å²) in [6.07, 6.45) is 6.57. The minimum absolute atomic E-state index is 0.0119. The highest BCUT2D eigenvalue weighted by molar-refractivity contribution is 5.77. The van der Waals surface area contributed by atoms with Crippen LogP contribution in [0.4, 0.5) is 4.39 Å². The van der Waals surface area contributed by atoms with E-state index in [-0.39, 0.29) is 24.2 Å². The van der Waals surface area contributed by atoms with Crippen molar-refractivity contribution in [3.63, 3.8) is 0 Å². The fraction of sp³-hybridized carbons (Fsp3) is 0.280. The molecular weight excluding hydrogens is 421 g/mol. The summed E-state index contributed by atoms with van der Waals surface area (Å²) in [6.45, 7) is 1.78. The van der Waals surface area contributed by atoms with Gasteiger partial charge in [0.15, 0.2) is 5.82 Å². The van der Waals surface area contributed by atoms with Crippen LogP contribution in [0.15, 0.2) is 67.1 Å². The number of carbonyl (C=O) groups is 1. The van der Waals surface area contributed by atoms with E-state index in [1.165, 1.54) is 12.3 Å². The predicted molar refractivity (Wildman–Crippen MR) is 121 cm³/mol. The molecule has 33 heavy (non-hydrogen) atoms. The number of hydrogen-bond donors (Lipinski definition) is 0. The molecule has 5 rings (SSSR count). The van der Waals surface area contributed by atoms with Crippen molar-refractivity contribution >= 4 is 11.6 Å². The monoisotopic (exact) mass is 445 g/mol. The van der Waals surface area contributed by atoms with Crippen molar-refractivity contribution in [2.75, 3.05) is 19.7 Å². The number of carbonyl (C=O) groups excluding carboxylic acids is 1. The van der Waals surface area contributed by atoms with Gasteiger partial charge >= 0.3 is 0 Å². The summed E-state index contributed by atoms with van der Waals surface area (Å²) >= 11 is 0. The Balaban J connectivity index is 1.26. The van der Waals surface area contributed by atoms with E-state index in [1.807, 2.05) is 41.3 Å². The van der Waals surface area contributed by atoms with Gasteiger partial charge in [-0.1, -0.05) is 30.3 Å². The third kappa shape index (κ3) is 4.75.